The average Bonchev–Trinajstić information content (AvgIpc) is 3.29. The molecule has 2 heterocycles. The first-order valence-electron chi connectivity index (χ1n) is 8.31. The van der Waals surface area contributed by atoms with Crippen LogP contribution in [0.15, 0.2) is 47.4 Å². The number of anilines is 1. The number of nitrogens with zero attached hydrogens (tertiary/aromatic N) is 4. The monoisotopic (exact) mass is 371 g/mol. The summed E-state index contributed by atoms with van der Waals surface area (Å²) in [6.45, 7) is 5.73. The highest BCUT2D eigenvalue weighted by Gasteiger charge is 2.06. The average molecular weight is 371 g/mol. The summed E-state index contributed by atoms with van der Waals surface area (Å²) in [5.74, 6) is 1.42. The third-order valence-corrected chi connectivity index (χ3v) is 4.29. The van der Waals surface area contributed by atoms with Crippen LogP contribution >= 0.6 is 11.3 Å². The minimum atomic E-state index is 0.537. The van der Waals surface area contributed by atoms with E-state index < -0.39 is 0 Å². The summed E-state index contributed by atoms with van der Waals surface area (Å²) in [6.07, 6.45) is 7.15. The Balaban J connectivity index is 1.61. The van der Waals surface area contributed by atoms with Crippen molar-refractivity contribution in [2.45, 2.75) is 20.4 Å². The van der Waals surface area contributed by atoms with E-state index in [2.05, 4.69) is 20.5 Å². The fraction of sp³-hybridized carbons (Fsp3) is 0.278. The number of nitrogens with one attached hydrogen (secondary N) is 1. The Hall–Kier alpha value is -2.87. The van der Waals surface area contributed by atoms with E-state index in [0.29, 0.717) is 24.7 Å². The zero-order valence-electron chi connectivity index (χ0n) is 14.8. The first-order chi connectivity index (χ1) is 12.7. The van der Waals surface area contributed by atoms with Gasteiger partial charge in [-0.1, -0.05) is 0 Å². The SMILES string of the molecule is CCOc1cc(C=NNc2nc(C)cs2)ccc1OCCn1ccnc1. The Kier molecular flexibility index (Phi) is 6.21. The molecule has 3 rings (SSSR count). The van der Waals surface area contributed by atoms with Crippen molar-refractivity contribution in [2.75, 3.05) is 18.6 Å². The van der Waals surface area contributed by atoms with Crippen LogP contribution in [0.2, 0.25) is 0 Å². The first-order valence-corrected chi connectivity index (χ1v) is 9.19. The van der Waals surface area contributed by atoms with Gasteiger partial charge in [-0.15, -0.1) is 11.3 Å². The second-order valence-corrected chi connectivity index (χ2v) is 6.31. The number of hydrogen-bond donors (Lipinski definition) is 1. The van der Waals surface area contributed by atoms with Gasteiger partial charge in [0, 0.05) is 17.8 Å². The van der Waals surface area contributed by atoms with Crippen LogP contribution in [-0.2, 0) is 6.54 Å². The number of ether oxygens (including phenoxy) is 2. The van der Waals surface area contributed by atoms with Gasteiger partial charge in [-0.2, -0.15) is 5.10 Å². The summed E-state index contributed by atoms with van der Waals surface area (Å²) in [4.78, 5) is 8.32. The molecule has 26 heavy (non-hydrogen) atoms. The molecule has 0 unspecified atom stereocenters. The zero-order chi connectivity index (χ0) is 18.2. The van der Waals surface area contributed by atoms with E-state index in [1.807, 2.05) is 48.2 Å². The Morgan fingerprint density at radius 1 is 1.31 bits per heavy atom. The standard InChI is InChI=1S/C18H21N5O2S/c1-3-24-17-10-15(11-20-22-18-21-14(2)12-26-18)4-5-16(17)25-9-8-23-7-6-19-13-23/h4-7,10-13H,3,8-9H2,1-2H3,(H,21,22). The maximum atomic E-state index is 5.85. The van der Waals surface area contributed by atoms with Crippen LogP contribution in [0.4, 0.5) is 5.13 Å². The lowest BCUT2D eigenvalue weighted by Crippen LogP contribution is -2.07. The molecular weight excluding hydrogens is 350 g/mol. The second-order valence-electron chi connectivity index (χ2n) is 5.45. The zero-order valence-corrected chi connectivity index (χ0v) is 15.6. The van der Waals surface area contributed by atoms with Crippen LogP contribution < -0.4 is 14.9 Å². The minimum Gasteiger partial charge on any atom is -0.490 e. The molecule has 0 bridgehead atoms. The van der Waals surface area contributed by atoms with Gasteiger partial charge < -0.3 is 14.0 Å². The molecule has 0 spiro atoms. The summed E-state index contributed by atoms with van der Waals surface area (Å²) < 4.78 is 13.5. The fourth-order valence-electron chi connectivity index (χ4n) is 2.24. The molecule has 136 valence electrons. The molecule has 8 heteroatoms. The molecule has 0 aliphatic carbocycles. The van der Waals surface area contributed by atoms with Crippen molar-refractivity contribution in [3.63, 3.8) is 0 Å². The lowest BCUT2D eigenvalue weighted by molar-refractivity contribution is 0.266. The van der Waals surface area contributed by atoms with Crippen LogP contribution in [0.1, 0.15) is 18.2 Å². The maximum Gasteiger partial charge on any atom is 0.203 e. The van der Waals surface area contributed by atoms with Gasteiger partial charge in [-0.25, -0.2) is 9.97 Å². The third kappa shape index (κ3) is 5.06. The van der Waals surface area contributed by atoms with Crippen molar-refractivity contribution in [1.29, 1.82) is 0 Å². The molecule has 2 aromatic heterocycles. The third-order valence-electron chi connectivity index (χ3n) is 3.43. The molecule has 0 radical (unpaired) electrons. The molecular formula is C18H21N5O2S. The van der Waals surface area contributed by atoms with Crippen LogP contribution in [0.25, 0.3) is 0 Å². The first kappa shape index (κ1) is 17.9. The lowest BCUT2D eigenvalue weighted by atomic mass is 10.2. The Morgan fingerprint density at radius 2 is 2.23 bits per heavy atom. The van der Waals surface area contributed by atoms with Crippen molar-refractivity contribution >= 4 is 22.7 Å². The number of rotatable bonds is 9. The highest BCUT2D eigenvalue weighted by Crippen LogP contribution is 2.28. The van der Waals surface area contributed by atoms with Gasteiger partial charge in [-0.3, -0.25) is 5.43 Å². The number of benzene rings is 1. The molecule has 0 amide bonds. The molecule has 0 atom stereocenters. The number of hydrogen-bond acceptors (Lipinski definition) is 7. The summed E-state index contributed by atoms with van der Waals surface area (Å²) >= 11 is 1.52. The summed E-state index contributed by atoms with van der Waals surface area (Å²) in [5.41, 5.74) is 4.81. The summed E-state index contributed by atoms with van der Waals surface area (Å²) in [6, 6.07) is 5.75. The van der Waals surface area contributed by atoms with Crippen molar-refractivity contribution in [1.82, 2.24) is 14.5 Å². The van der Waals surface area contributed by atoms with E-state index in [9.17, 15) is 0 Å². The van der Waals surface area contributed by atoms with Gasteiger partial charge >= 0.3 is 0 Å². The normalized spacial score (nSPS) is 11.0. The van der Waals surface area contributed by atoms with Gasteiger partial charge in [0.05, 0.1) is 31.4 Å². The molecule has 0 saturated heterocycles. The van der Waals surface area contributed by atoms with Crippen LogP contribution in [0, 0.1) is 6.92 Å². The molecule has 1 N–H and O–H groups in total. The van der Waals surface area contributed by atoms with E-state index in [-0.39, 0.29) is 0 Å². The number of thiazole rings is 1. The van der Waals surface area contributed by atoms with Gasteiger partial charge in [0.15, 0.2) is 11.5 Å². The predicted octanol–water partition coefficient (Wildman–Crippen LogP) is 3.57. The van der Waals surface area contributed by atoms with Crippen molar-refractivity contribution in [3.05, 3.63) is 53.6 Å². The van der Waals surface area contributed by atoms with E-state index in [1.165, 1.54) is 11.3 Å². The van der Waals surface area contributed by atoms with Crippen LogP contribution in [0.5, 0.6) is 11.5 Å². The van der Waals surface area contributed by atoms with Gasteiger partial charge in [0.25, 0.3) is 0 Å². The number of aromatic nitrogens is 3. The quantitative estimate of drug-likeness (QED) is 0.460. The van der Waals surface area contributed by atoms with Gasteiger partial charge in [-0.05, 0) is 37.6 Å². The second kappa shape index (κ2) is 9.00. The Bertz CT molecular complexity index is 845. The summed E-state index contributed by atoms with van der Waals surface area (Å²) in [5, 5.41) is 6.96. The molecule has 3 aromatic rings. The highest BCUT2D eigenvalue weighted by molar-refractivity contribution is 7.13. The number of imidazole rings is 1. The van der Waals surface area contributed by atoms with Crippen molar-refractivity contribution < 1.29 is 9.47 Å². The largest absolute Gasteiger partial charge is 0.490 e. The molecule has 0 aliphatic rings. The molecule has 0 aliphatic heterocycles. The van der Waals surface area contributed by atoms with Gasteiger partial charge in [0.2, 0.25) is 5.13 Å². The summed E-state index contributed by atoms with van der Waals surface area (Å²) in [7, 11) is 0. The van der Waals surface area contributed by atoms with E-state index in [1.54, 1.807) is 18.7 Å². The number of aryl methyl sites for hydroxylation is 1. The molecule has 0 fully saturated rings. The molecule has 0 saturated carbocycles. The Morgan fingerprint density at radius 3 is 2.96 bits per heavy atom. The van der Waals surface area contributed by atoms with Crippen molar-refractivity contribution in [3.8, 4) is 11.5 Å². The smallest absolute Gasteiger partial charge is 0.203 e. The van der Waals surface area contributed by atoms with Crippen LogP contribution in [-0.4, -0.2) is 34.0 Å². The lowest BCUT2D eigenvalue weighted by Gasteiger charge is -2.12. The topological polar surface area (TPSA) is 73.6 Å². The predicted molar refractivity (Wildman–Crippen MR) is 103 cm³/mol. The molecule has 7 nitrogen and oxygen atoms in total. The maximum absolute atomic E-state index is 5.85. The Labute approximate surface area is 156 Å². The fourth-order valence-corrected chi connectivity index (χ4v) is 2.88. The highest BCUT2D eigenvalue weighted by atomic mass is 32.1. The van der Waals surface area contributed by atoms with Gasteiger partial charge in [0.1, 0.15) is 6.61 Å². The minimum absolute atomic E-state index is 0.537. The van der Waals surface area contributed by atoms with E-state index in [4.69, 9.17) is 9.47 Å². The molecule has 1 aromatic carbocycles. The van der Waals surface area contributed by atoms with E-state index in [0.717, 1.165) is 22.9 Å². The van der Waals surface area contributed by atoms with Crippen molar-refractivity contribution in [2.24, 2.45) is 5.10 Å². The van der Waals surface area contributed by atoms with Crippen LogP contribution in [0.3, 0.4) is 0 Å². The number of hydrazone groups is 1. The van der Waals surface area contributed by atoms with E-state index >= 15 is 0 Å².